The highest BCUT2D eigenvalue weighted by Crippen LogP contribution is 2.37. The third kappa shape index (κ3) is 3.64. The van der Waals surface area contributed by atoms with Crippen molar-refractivity contribution in [3.63, 3.8) is 0 Å². The molecule has 0 saturated carbocycles. The van der Waals surface area contributed by atoms with Gasteiger partial charge in [0.1, 0.15) is 0 Å². The summed E-state index contributed by atoms with van der Waals surface area (Å²) in [5.74, 6) is 1.40. The summed E-state index contributed by atoms with van der Waals surface area (Å²) in [4.78, 5) is 14.8. The Morgan fingerprint density at radius 2 is 2.11 bits per heavy atom. The maximum Gasteiger partial charge on any atom is 0.240 e. The Bertz CT molecular complexity index is 321. The molecule has 2 aliphatic heterocycles. The fourth-order valence-electron chi connectivity index (χ4n) is 2.83. The molecule has 0 radical (unpaired) electrons. The summed E-state index contributed by atoms with van der Waals surface area (Å²) < 4.78 is 0.245. The van der Waals surface area contributed by atoms with Crippen molar-refractivity contribution in [2.75, 3.05) is 38.5 Å². The van der Waals surface area contributed by atoms with Crippen molar-refractivity contribution < 1.29 is 4.79 Å². The van der Waals surface area contributed by atoms with Gasteiger partial charge in [0.25, 0.3) is 0 Å². The molecule has 0 aliphatic carbocycles. The average Bonchev–Trinajstić information content (AvgIpc) is 2.84. The molecule has 2 fully saturated rings. The Labute approximate surface area is 121 Å². The number of carbonyl (C=O) groups is 1. The van der Waals surface area contributed by atoms with Gasteiger partial charge in [-0.2, -0.15) is 11.8 Å². The molecule has 1 unspecified atom stereocenters. The predicted molar refractivity (Wildman–Crippen MR) is 81.6 cm³/mol. The third-order valence-corrected chi connectivity index (χ3v) is 5.92. The van der Waals surface area contributed by atoms with Crippen molar-refractivity contribution in [3.05, 3.63) is 0 Å². The van der Waals surface area contributed by atoms with E-state index in [-0.39, 0.29) is 10.7 Å². The summed E-state index contributed by atoms with van der Waals surface area (Å²) in [5, 5.41) is 6.51. The minimum atomic E-state index is -0.401. The Hall–Kier alpha value is -0.260. The molecule has 2 aliphatic rings. The number of hydrogen-bond acceptors (Lipinski definition) is 4. The molecule has 0 aromatic carbocycles. The summed E-state index contributed by atoms with van der Waals surface area (Å²) >= 11 is 1.99. The first-order chi connectivity index (χ1) is 8.94. The summed E-state index contributed by atoms with van der Waals surface area (Å²) in [7, 11) is 0. The van der Waals surface area contributed by atoms with Gasteiger partial charge in [0.15, 0.2) is 0 Å². The zero-order valence-electron chi connectivity index (χ0n) is 12.4. The molecular weight excluding hydrogens is 258 g/mol. The lowest BCUT2D eigenvalue weighted by Crippen LogP contribution is -2.60. The van der Waals surface area contributed by atoms with E-state index in [9.17, 15) is 4.79 Å². The van der Waals surface area contributed by atoms with Crippen molar-refractivity contribution >= 4 is 17.7 Å². The number of nitrogens with zero attached hydrogens (tertiary/aromatic N) is 1. The Morgan fingerprint density at radius 3 is 2.68 bits per heavy atom. The Balaban J connectivity index is 1.86. The number of amides is 1. The minimum Gasteiger partial charge on any atom is -0.353 e. The highest BCUT2D eigenvalue weighted by molar-refractivity contribution is 8.00. The number of carbonyl (C=O) groups excluding carboxylic acids is 1. The highest BCUT2D eigenvalue weighted by Gasteiger charge is 2.37. The Morgan fingerprint density at radius 1 is 1.42 bits per heavy atom. The second kappa shape index (κ2) is 6.02. The molecule has 2 rings (SSSR count). The third-order valence-electron chi connectivity index (χ3n) is 4.39. The molecule has 19 heavy (non-hydrogen) atoms. The van der Waals surface area contributed by atoms with Crippen LogP contribution in [-0.2, 0) is 4.79 Å². The van der Waals surface area contributed by atoms with Gasteiger partial charge in [-0.15, -0.1) is 0 Å². The van der Waals surface area contributed by atoms with Gasteiger partial charge < -0.3 is 10.6 Å². The smallest absolute Gasteiger partial charge is 0.240 e. The van der Waals surface area contributed by atoms with Gasteiger partial charge in [-0.25, -0.2) is 0 Å². The molecule has 0 aromatic rings. The van der Waals surface area contributed by atoms with E-state index in [1.165, 1.54) is 18.6 Å². The first kappa shape index (κ1) is 15.1. The van der Waals surface area contributed by atoms with Crippen LogP contribution in [0.25, 0.3) is 0 Å². The zero-order valence-corrected chi connectivity index (χ0v) is 13.2. The molecular formula is C14H27N3OS. The van der Waals surface area contributed by atoms with Crippen LogP contribution >= 0.6 is 11.8 Å². The standard InChI is InChI=1S/C14H27N3OS/c1-13(2,17-8-6-15-7-9-17)12(18)16-11-14(3)5-4-10-19-14/h15H,4-11H2,1-3H3,(H,16,18). The molecule has 2 heterocycles. The lowest BCUT2D eigenvalue weighted by molar-refractivity contribution is -0.132. The summed E-state index contributed by atoms with van der Waals surface area (Å²) in [6.45, 7) is 11.0. The minimum absolute atomic E-state index is 0.170. The first-order valence-electron chi connectivity index (χ1n) is 7.32. The van der Waals surface area contributed by atoms with Gasteiger partial charge in [0.2, 0.25) is 5.91 Å². The monoisotopic (exact) mass is 285 g/mol. The van der Waals surface area contributed by atoms with Crippen LogP contribution in [0.1, 0.15) is 33.6 Å². The second-order valence-corrected chi connectivity index (χ2v) is 8.06. The van der Waals surface area contributed by atoms with E-state index in [1.54, 1.807) is 0 Å². The van der Waals surface area contributed by atoms with Crippen molar-refractivity contribution in [3.8, 4) is 0 Å². The van der Waals surface area contributed by atoms with Crippen LogP contribution < -0.4 is 10.6 Å². The fraction of sp³-hybridized carbons (Fsp3) is 0.929. The number of piperazine rings is 1. The van der Waals surface area contributed by atoms with Crippen LogP contribution in [0, 0.1) is 0 Å². The van der Waals surface area contributed by atoms with Crippen LogP contribution in [0.15, 0.2) is 0 Å². The normalized spacial score (nSPS) is 29.4. The van der Waals surface area contributed by atoms with E-state index >= 15 is 0 Å². The van der Waals surface area contributed by atoms with Crippen molar-refractivity contribution in [1.82, 2.24) is 15.5 Å². The maximum absolute atomic E-state index is 12.5. The zero-order chi connectivity index (χ0) is 13.9. The van der Waals surface area contributed by atoms with E-state index in [0.717, 1.165) is 32.7 Å². The van der Waals surface area contributed by atoms with Crippen LogP contribution in [0.2, 0.25) is 0 Å². The molecule has 2 N–H and O–H groups in total. The molecule has 1 amide bonds. The summed E-state index contributed by atoms with van der Waals surface area (Å²) in [5.41, 5.74) is -0.401. The SMILES string of the molecule is CC1(CNC(=O)C(C)(C)N2CCNCC2)CCCS1. The number of rotatable bonds is 4. The molecule has 4 nitrogen and oxygen atoms in total. The first-order valence-corrected chi connectivity index (χ1v) is 8.31. The topological polar surface area (TPSA) is 44.4 Å². The molecule has 0 bridgehead atoms. The average molecular weight is 285 g/mol. The Kier molecular flexibility index (Phi) is 4.79. The number of nitrogens with one attached hydrogen (secondary N) is 2. The molecule has 2 saturated heterocycles. The lowest BCUT2D eigenvalue weighted by Gasteiger charge is -2.40. The van der Waals surface area contributed by atoms with Gasteiger partial charge in [-0.1, -0.05) is 0 Å². The number of thioether (sulfide) groups is 1. The van der Waals surface area contributed by atoms with Crippen molar-refractivity contribution in [2.45, 2.75) is 43.9 Å². The van der Waals surface area contributed by atoms with Crippen LogP contribution in [0.5, 0.6) is 0 Å². The van der Waals surface area contributed by atoms with Crippen molar-refractivity contribution in [2.24, 2.45) is 0 Å². The van der Waals surface area contributed by atoms with Gasteiger partial charge in [0, 0.05) is 37.5 Å². The van der Waals surface area contributed by atoms with E-state index in [0.29, 0.717) is 0 Å². The van der Waals surface area contributed by atoms with E-state index < -0.39 is 5.54 Å². The summed E-state index contributed by atoms with van der Waals surface area (Å²) in [6, 6.07) is 0. The van der Waals surface area contributed by atoms with Crippen LogP contribution in [0.3, 0.4) is 0 Å². The van der Waals surface area contributed by atoms with Gasteiger partial charge in [0.05, 0.1) is 5.54 Å². The fourth-order valence-corrected chi connectivity index (χ4v) is 4.07. The van der Waals surface area contributed by atoms with Gasteiger partial charge in [-0.3, -0.25) is 9.69 Å². The molecule has 110 valence electrons. The largest absolute Gasteiger partial charge is 0.353 e. The van der Waals surface area contributed by atoms with Crippen molar-refractivity contribution in [1.29, 1.82) is 0 Å². The van der Waals surface area contributed by atoms with E-state index in [1.807, 2.05) is 25.6 Å². The van der Waals surface area contributed by atoms with Gasteiger partial charge in [-0.05, 0) is 39.4 Å². The lowest BCUT2D eigenvalue weighted by atomic mass is 9.99. The maximum atomic E-state index is 12.5. The quantitative estimate of drug-likeness (QED) is 0.811. The molecule has 0 spiro atoms. The molecule has 5 heteroatoms. The molecule has 1 atom stereocenters. The van der Waals surface area contributed by atoms with E-state index in [4.69, 9.17) is 0 Å². The van der Waals surface area contributed by atoms with Gasteiger partial charge >= 0.3 is 0 Å². The molecule has 0 aromatic heterocycles. The highest BCUT2D eigenvalue weighted by atomic mass is 32.2. The predicted octanol–water partition coefficient (Wildman–Crippen LogP) is 1.07. The summed E-state index contributed by atoms with van der Waals surface area (Å²) in [6.07, 6.45) is 2.49. The van der Waals surface area contributed by atoms with E-state index in [2.05, 4.69) is 22.5 Å². The second-order valence-electron chi connectivity index (χ2n) is 6.38. The van der Waals surface area contributed by atoms with Crippen LogP contribution in [-0.4, -0.2) is 59.6 Å². The number of hydrogen-bond donors (Lipinski definition) is 2. The van der Waals surface area contributed by atoms with Crippen LogP contribution in [0.4, 0.5) is 0 Å².